The van der Waals surface area contributed by atoms with Crippen molar-refractivity contribution in [3.8, 4) is 0 Å². The van der Waals surface area contributed by atoms with E-state index in [0.29, 0.717) is 32.1 Å². The Bertz CT molecular complexity index is 1350. The van der Waals surface area contributed by atoms with Crippen molar-refractivity contribution in [3.05, 3.63) is 11.6 Å². The number of aliphatic hydroxyl groups excluding tert-OH is 8. The second-order valence-corrected chi connectivity index (χ2v) is 19.8. The normalized spacial score (nSPS) is 52.8. The van der Waals surface area contributed by atoms with E-state index < -0.39 is 107 Å². The summed E-state index contributed by atoms with van der Waals surface area (Å²) in [4.78, 5) is 0. The highest BCUT2D eigenvalue weighted by atomic mass is 16.8. The molecular formula is C41H70O13. The van der Waals surface area contributed by atoms with Crippen LogP contribution in [0.5, 0.6) is 0 Å². The van der Waals surface area contributed by atoms with E-state index in [0.717, 1.165) is 19.3 Å². The summed E-state index contributed by atoms with van der Waals surface area (Å²) in [7, 11) is 0. The minimum Gasteiger partial charge on any atom is -0.394 e. The lowest BCUT2D eigenvalue weighted by Crippen LogP contribution is -2.71. The third-order valence-electron chi connectivity index (χ3n) is 16.1. The highest BCUT2D eigenvalue weighted by molar-refractivity contribution is 5.22. The number of rotatable bonds is 9. The Kier molecular flexibility index (Phi) is 12.0. The first kappa shape index (κ1) is 42.8. The van der Waals surface area contributed by atoms with Crippen LogP contribution in [0.25, 0.3) is 0 Å². The third kappa shape index (κ3) is 6.86. The highest BCUT2D eigenvalue weighted by Crippen LogP contribution is 2.76. The van der Waals surface area contributed by atoms with Crippen LogP contribution in [0, 0.1) is 45.3 Å². The molecule has 0 aromatic rings. The van der Waals surface area contributed by atoms with E-state index in [1.165, 1.54) is 5.57 Å². The summed E-state index contributed by atoms with van der Waals surface area (Å²) in [5.41, 5.74) is -1.69. The molecule has 0 radical (unpaired) electrons. The van der Waals surface area contributed by atoms with Gasteiger partial charge < -0.3 is 64.9 Å². The standard InChI is InChI=1S/C41H70O13/c1-20(2)10-9-13-41(8,50)21-11-15-39(6)28(21)22(43)16-26-38(5)14-12-27(45)37(3,4)34(38)24(17-40(26,39)7)52-36-33(31(48)30(47)25(18-42)53-36)54-35-32(49)29(46)23(44)19-51-35/h10,21-36,42-50H,9,11-19H2,1-8H3/t21-,22-,23+,24-,25-,26-,27+,28+,29+,30-,31-,32+,33-,34+,35-,36-,38-,39-,40-,41+/m1/s1. The summed E-state index contributed by atoms with van der Waals surface area (Å²) in [6, 6.07) is 0. The van der Waals surface area contributed by atoms with E-state index >= 15 is 0 Å². The van der Waals surface area contributed by atoms with Gasteiger partial charge in [0.2, 0.25) is 0 Å². The predicted octanol–water partition coefficient (Wildman–Crippen LogP) is 1.76. The average Bonchev–Trinajstić information content (AvgIpc) is 3.48. The molecule has 2 heterocycles. The van der Waals surface area contributed by atoms with Gasteiger partial charge in [0.1, 0.15) is 42.7 Å². The van der Waals surface area contributed by atoms with E-state index in [4.69, 9.17) is 18.9 Å². The number of aliphatic hydroxyl groups is 9. The fourth-order valence-corrected chi connectivity index (χ4v) is 13.1. The summed E-state index contributed by atoms with van der Waals surface area (Å²) in [6.07, 6.45) is -7.90. The molecule has 4 aliphatic carbocycles. The van der Waals surface area contributed by atoms with Crippen molar-refractivity contribution in [1.82, 2.24) is 0 Å². The predicted molar refractivity (Wildman–Crippen MR) is 196 cm³/mol. The quantitative estimate of drug-likeness (QED) is 0.121. The number of fused-ring (bicyclic) bond motifs is 5. The molecule has 13 nitrogen and oxygen atoms in total. The van der Waals surface area contributed by atoms with Crippen LogP contribution in [0.15, 0.2) is 11.6 Å². The lowest BCUT2D eigenvalue weighted by molar-refractivity contribution is -0.377. The molecule has 6 fully saturated rings. The summed E-state index contributed by atoms with van der Waals surface area (Å²) in [6.45, 7) is 16.0. The van der Waals surface area contributed by atoms with Crippen molar-refractivity contribution in [2.45, 2.75) is 186 Å². The zero-order chi connectivity index (χ0) is 39.9. The summed E-state index contributed by atoms with van der Waals surface area (Å²) in [5, 5.41) is 99.6. The van der Waals surface area contributed by atoms with Crippen LogP contribution in [0.3, 0.4) is 0 Å². The van der Waals surface area contributed by atoms with E-state index in [1.54, 1.807) is 0 Å². The van der Waals surface area contributed by atoms with Crippen LogP contribution in [-0.4, -0.2) is 138 Å². The van der Waals surface area contributed by atoms with Gasteiger partial charge in [-0.1, -0.05) is 46.3 Å². The maximum Gasteiger partial charge on any atom is 0.187 e. The van der Waals surface area contributed by atoms with E-state index in [1.807, 2.05) is 20.8 Å². The van der Waals surface area contributed by atoms with Gasteiger partial charge in [-0.05, 0) is 117 Å². The average molecular weight is 771 g/mol. The van der Waals surface area contributed by atoms with Crippen LogP contribution in [0.1, 0.15) is 107 Å². The van der Waals surface area contributed by atoms with Gasteiger partial charge in [0.05, 0.1) is 37.1 Å². The molecule has 0 spiro atoms. The van der Waals surface area contributed by atoms with Crippen LogP contribution in [-0.2, 0) is 18.9 Å². The van der Waals surface area contributed by atoms with Gasteiger partial charge in [0.25, 0.3) is 0 Å². The van der Waals surface area contributed by atoms with Gasteiger partial charge in [-0.25, -0.2) is 0 Å². The Morgan fingerprint density at radius 3 is 2.17 bits per heavy atom. The topological polar surface area (TPSA) is 219 Å². The van der Waals surface area contributed by atoms with Crippen LogP contribution < -0.4 is 0 Å². The smallest absolute Gasteiger partial charge is 0.187 e. The minimum atomic E-state index is -1.68. The minimum absolute atomic E-state index is 0.0443. The molecule has 0 bridgehead atoms. The van der Waals surface area contributed by atoms with E-state index in [9.17, 15) is 46.0 Å². The van der Waals surface area contributed by atoms with Crippen molar-refractivity contribution in [1.29, 1.82) is 0 Å². The summed E-state index contributed by atoms with van der Waals surface area (Å²) < 4.78 is 24.8. The maximum atomic E-state index is 12.2. The first-order chi connectivity index (χ1) is 25.0. The Morgan fingerprint density at radius 1 is 0.833 bits per heavy atom. The number of hydrogen-bond donors (Lipinski definition) is 9. The monoisotopic (exact) mass is 770 g/mol. The maximum absolute atomic E-state index is 12.2. The Morgan fingerprint density at radius 2 is 1.52 bits per heavy atom. The fourth-order valence-electron chi connectivity index (χ4n) is 13.1. The molecule has 0 amide bonds. The molecule has 6 rings (SSSR count). The molecule has 2 aliphatic heterocycles. The van der Waals surface area contributed by atoms with E-state index in [2.05, 4.69) is 40.7 Å². The van der Waals surface area contributed by atoms with Gasteiger partial charge >= 0.3 is 0 Å². The number of allylic oxidation sites excluding steroid dienone is 2. The zero-order valence-corrected chi connectivity index (χ0v) is 33.5. The number of hydrogen-bond acceptors (Lipinski definition) is 13. The molecule has 20 atom stereocenters. The second-order valence-electron chi connectivity index (χ2n) is 19.8. The second kappa shape index (κ2) is 15.1. The summed E-state index contributed by atoms with van der Waals surface area (Å²) >= 11 is 0. The highest BCUT2D eigenvalue weighted by Gasteiger charge is 2.73. The molecule has 6 aliphatic rings. The molecule has 13 heteroatoms. The molecule has 9 N–H and O–H groups in total. The van der Waals surface area contributed by atoms with Crippen LogP contribution in [0.2, 0.25) is 0 Å². The van der Waals surface area contributed by atoms with Crippen LogP contribution in [0.4, 0.5) is 0 Å². The number of ether oxygens (including phenoxy) is 4. The molecule has 0 aromatic carbocycles. The largest absolute Gasteiger partial charge is 0.394 e. The van der Waals surface area contributed by atoms with Gasteiger partial charge in [-0.3, -0.25) is 0 Å². The lowest BCUT2D eigenvalue weighted by Gasteiger charge is -2.72. The van der Waals surface area contributed by atoms with Gasteiger partial charge in [-0.15, -0.1) is 0 Å². The molecular weight excluding hydrogens is 700 g/mol. The SMILES string of the molecule is CC(C)=CCC[C@](C)(O)[C@@H]1CC[C@]2(C)[C@@H]1[C@H](O)C[C@@H]1[C@@]3(C)CC[C@H](O)C(C)(C)[C@@H]3[C@H](O[C@@H]3O[C@H](CO)[C@@H](O)[C@@H](O)[C@H]3O[C@H]3OC[C@H](O)[C@H](O)[C@@H]3O)C[C@]12C. The molecule has 54 heavy (non-hydrogen) atoms. The first-order valence-corrected chi connectivity index (χ1v) is 20.4. The third-order valence-corrected chi connectivity index (χ3v) is 16.1. The van der Waals surface area contributed by atoms with Crippen molar-refractivity contribution >= 4 is 0 Å². The summed E-state index contributed by atoms with van der Waals surface area (Å²) in [5.74, 6) is -0.513. The molecule has 4 saturated carbocycles. The van der Waals surface area contributed by atoms with Crippen molar-refractivity contribution in [2.75, 3.05) is 13.2 Å². The van der Waals surface area contributed by atoms with Crippen LogP contribution >= 0.6 is 0 Å². The molecule has 0 aromatic heterocycles. The Balaban J connectivity index is 1.38. The van der Waals surface area contributed by atoms with Gasteiger partial charge in [0, 0.05) is 0 Å². The van der Waals surface area contributed by atoms with Gasteiger partial charge in [-0.2, -0.15) is 0 Å². The molecule has 0 unspecified atom stereocenters. The Labute approximate surface area is 320 Å². The molecule has 312 valence electrons. The van der Waals surface area contributed by atoms with Gasteiger partial charge in [0.15, 0.2) is 12.6 Å². The fraction of sp³-hybridized carbons (Fsp3) is 0.951. The lowest BCUT2D eigenvalue weighted by atomic mass is 9.34. The van der Waals surface area contributed by atoms with Crippen molar-refractivity contribution < 1.29 is 64.9 Å². The zero-order valence-electron chi connectivity index (χ0n) is 33.5. The Hall–Kier alpha value is -0.780. The van der Waals surface area contributed by atoms with Crippen molar-refractivity contribution in [2.24, 2.45) is 45.3 Å². The van der Waals surface area contributed by atoms with Crippen molar-refractivity contribution in [3.63, 3.8) is 0 Å². The molecule has 2 saturated heterocycles. The first-order valence-electron chi connectivity index (χ1n) is 20.4. The van der Waals surface area contributed by atoms with E-state index in [-0.39, 0.29) is 30.3 Å².